The van der Waals surface area contributed by atoms with Crippen molar-refractivity contribution in [1.82, 2.24) is 0 Å². The maximum absolute atomic E-state index is 5.82. The maximum atomic E-state index is 5.82. The molecule has 0 saturated heterocycles. The summed E-state index contributed by atoms with van der Waals surface area (Å²) < 4.78 is 0. The van der Waals surface area contributed by atoms with Gasteiger partial charge in [0.15, 0.2) is 0 Å². The monoisotopic (exact) mass is 201 g/mol. The van der Waals surface area contributed by atoms with Crippen LogP contribution in [0.5, 0.6) is 0 Å². The minimum absolute atomic E-state index is 0.0857. The van der Waals surface area contributed by atoms with Crippen LogP contribution in [0.4, 0.5) is 0 Å². The number of rotatable bonds is 0. The molecule has 2 heteroatoms. The van der Waals surface area contributed by atoms with Crippen molar-refractivity contribution >= 4 is 23.2 Å². The van der Waals surface area contributed by atoms with Gasteiger partial charge in [0.25, 0.3) is 0 Å². The van der Waals surface area contributed by atoms with E-state index in [2.05, 4.69) is 26.8 Å². The molecule has 0 nitrogen and oxygen atoms in total. The fraction of sp³-hybridized carbons (Fsp3) is 0.400. The van der Waals surface area contributed by atoms with Gasteiger partial charge in [-0.15, -0.1) is 0 Å². The molecule has 0 atom stereocenters. The molecule has 0 saturated carbocycles. The molecule has 65 valence electrons. The summed E-state index contributed by atoms with van der Waals surface area (Å²) in [6.07, 6.45) is 0. The summed E-state index contributed by atoms with van der Waals surface area (Å²) in [5.74, 6) is 0. The fourth-order valence-corrected chi connectivity index (χ4v) is 1.42. The molecule has 0 fully saturated rings. The van der Waals surface area contributed by atoms with E-state index in [-0.39, 0.29) is 5.41 Å². The molecular weight excluding hydrogens is 191 g/mol. The SMILES string of the molecule is CC(C)(C)c1cc(Cl)[c]c(Cl)c1. The van der Waals surface area contributed by atoms with E-state index in [9.17, 15) is 0 Å². The summed E-state index contributed by atoms with van der Waals surface area (Å²) in [6.45, 7) is 6.36. The molecule has 0 spiro atoms. The van der Waals surface area contributed by atoms with Crippen LogP contribution in [0.15, 0.2) is 12.1 Å². The highest BCUT2D eigenvalue weighted by Gasteiger charge is 2.14. The van der Waals surface area contributed by atoms with Gasteiger partial charge in [0.05, 0.1) is 10.0 Å². The van der Waals surface area contributed by atoms with Gasteiger partial charge in [-0.3, -0.25) is 0 Å². The highest BCUT2D eigenvalue weighted by atomic mass is 35.5. The van der Waals surface area contributed by atoms with Crippen molar-refractivity contribution in [2.45, 2.75) is 26.2 Å². The van der Waals surface area contributed by atoms with Crippen LogP contribution in [0.3, 0.4) is 0 Å². The van der Waals surface area contributed by atoms with Gasteiger partial charge in [-0.05, 0) is 23.1 Å². The molecular formula is C10H11Cl2. The Morgan fingerprint density at radius 3 is 1.83 bits per heavy atom. The molecule has 0 bridgehead atoms. The van der Waals surface area contributed by atoms with Crippen molar-refractivity contribution in [2.24, 2.45) is 0 Å². The summed E-state index contributed by atoms with van der Waals surface area (Å²) in [6, 6.07) is 6.61. The molecule has 1 rings (SSSR count). The molecule has 0 unspecified atom stereocenters. The third kappa shape index (κ3) is 2.40. The Hall–Kier alpha value is -0.200. The number of hydrogen-bond acceptors (Lipinski definition) is 0. The van der Waals surface area contributed by atoms with Crippen LogP contribution in [-0.2, 0) is 5.41 Å². The maximum Gasteiger partial charge on any atom is 0.0503 e. The molecule has 1 aromatic carbocycles. The molecule has 12 heavy (non-hydrogen) atoms. The summed E-state index contributed by atoms with van der Waals surface area (Å²) in [5.41, 5.74) is 1.22. The van der Waals surface area contributed by atoms with Crippen molar-refractivity contribution in [3.8, 4) is 0 Å². The normalized spacial score (nSPS) is 11.8. The van der Waals surface area contributed by atoms with E-state index in [4.69, 9.17) is 23.2 Å². The molecule has 0 heterocycles. The number of benzene rings is 1. The van der Waals surface area contributed by atoms with E-state index in [0.29, 0.717) is 10.0 Å². The first kappa shape index (κ1) is 9.88. The largest absolute Gasteiger partial charge is 0.0836 e. The molecule has 1 aromatic rings. The second-order valence-corrected chi connectivity index (χ2v) is 4.63. The Bertz CT molecular complexity index is 264. The van der Waals surface area contributed by atoms with E-state index >= 15 is 0 Å². The quantitative estimate of drug-likeness (QED) is 0.594. The summed E-state index contributed by atoms with van der Waals surface area (Å²) >= 11 is 11.6. The highest BCUT2D eigenvalue weighted by molar-refractivity contribution is 6.34. The lowest BCUT2D eigenvalue weighted by Gasteiger charge is -2.19. The van der Waals surface area contributed by atoms with Crippen LogP contribution in [0, 0.1) is 6.07 Å². The van der Waals surface area contributed by atoms with Gasteiger partial charge < -0.3 is 0 Å². The average Bonchev–Trinajstić information content (AvgIpc) is 1.82. The van der Waals surface area contributed by atoms with Crippen molar-refractivity contribution in [2.75, 3.05) is 0 Å². The lowest BCUT2D eigenvalue weighted by molar-refractivity contribution is 0.590. The molecule has 0 amide bonds. The van der Waals surface area contributed by atoms with Gasteiger partial charge in [-0.25, -0.2) is 0 Å². The van der Waals surface area contributed by atoms with Gasteiger partial charge >= 0.3 is 0 Å². The van der Waals surface area contributed by atoms with Crippen LogP contribution >= 0.6 is 23.2 Å². The van der Waals surface area contributed by atoms with E-state index in [1.807, 2.05) is 12.1 Å². The molecule has 0 aromatic heterocycles. The first-order chi connectivity index (χ1) is 5.39. The smallest absolute Gasteiger partial charge is 0.0503 e. The molecule has 1 radical (unpaired) electrons. The van der Waals surface area contributed by atoms with Gasteiger partial charge in [-0.1, -0.05) is 44.0 Å². The van der Waals surface area contributed by atoms with Crippen molar-refractivity contribution in [3.05, 3.63) is 33.8 Å². The Morgan fingerprint density at radius 1 is 1.08 bits per heavy atom. The minimum atomic E-state index is 0.0857. The van der Waals surface area contributed by atoms with Gasteiger partial charge in [-0.2, -0.15) is 0 Å². The third-order valence-electron chi connectivity index (χ3n) is 1.67. The Balaban J connectivity index is 3.18. The summed E-state index contributed by atoms with van der Waals surface area (Å²) in [7, 11) is 0. The zero-order valence-electron chi connectivity index (χ0n) is 7.41. The zero-order valence-corrected chi connectivity index (χ0v) is 8.92. The zero-order chi connectivity index (χ0) is 9.35. The molecule has 0 aliphatic heterocycles. The Morgan fingerprint density at radius 2 is 1.50 bits per heavy atom. The van der Waals surface area contributed by atoms with Crippen LogP contribution in [0.2, 0.25) is 10.0 Å². The lowest BCUT2D eigenvalue weighted by atomic mass is 9.87. The van der Waals surface area contributed by atoms with Gasteiger partial charge in [0.2, 0.25) is 0 Å². The van der Waals surface area contributed by atoms with Crippen molar-refractivity contribution < 1.29 is 0 Å². The van der Waals surface area contributed by atoms with Crippen LogP contribution in [0.25, 0.3) is 0 Å². The summed E-state index contributed by atoms with van der Waals surface area (Å²) in [4.78, 5) is 0. The average molecular weight is 202 g/mol. The first-order valence-corrected chi connectivity index (χ1v) is 4.54. The third-order valence-corrected chi connectivity index (χ3v) is 2.08. The van der Waals surface area contributed by atoms with Crippen LogP contribution < -0.4 is 0 Å². The van der Waals surface area contributed by atoms with E-state index in [1.54, 1.807) is 0 Å². The van der Waals surface area contributed by atoms with Crippen LogP contribution in [0.1, 0.15) is 26.3 Å². The van der Waals surface area contributed by atoms with Gasteiger partial charge in [0, 0.05) is 6.07 Å². The van der Waals surface area contributed by atoms with Crippen LogP contribution in [-0.4, -0.2) is 0 Å². The predicted octanol–water partition coefficient (Wildman–Crippen LogP) is 4.09. The molecule has 0 N–H and O–H groups in total. The highest BCUT2D eigenvalue weighted by Crippen LogP contribution is 2.27. The van der Waals surface area contributed by atoms with Gasteiger partial charge in [0.1, 0.15) is 0 Å². The van der Waals surface area contributed by atoms with E-state index in [0.717, 1.165) is 5.56 Å². The van der Waals surface area contributed by atoms with Crippen molar-refractivity contribution in [1.29, 1.82) is 0 Å². The standard InChI is InChI=1S/C10H11Cl2/c1-10(2,3)7-4-8(11)6-9(12)5-7/h4-5H,1-3H3. The fourth-order valence-electron chi connectivity index (χ4n) is 0.934. The first-order valence-electron chi connectivity index (χ1n) is 3.78. The lowest BCUT2D eigenvalue weighted by Crippen LogP contribution is -2.10. The molecule has 0 aliphatic rings. The Kier molecular flexibility index (Phi) is 2.70. The number of halogens is 2. The molecule has 0 aliphatic carbocycles. The predicted molar refractivity (Wildman–Crippen MR) is 54.0 cm³/mol. The Labute approximate surface area is 83.5 Å². The second-order valence-electron chi connectivity index (χ2n) is 3.81. The van der Waals surface area contributed by atoms with E-state index < -0.39 is 0 Å². The summed E-state index contributed by atoms with van der Waals surface area (Å²) in [5, 5.41) is 1.15. The van der Waals surface area contributed by atoms with E-state index in [1.165, 1.54) is 0 Å². The minimum Gasteiger partial charge on any atom is -0.0836 e. The second kappa shape index (κ2) is 3.27. The topological polar surface area (TPSA) is 0 Å². The number of hydrogen-bond donors (Lipinski definition) is 0. The van der Waals surface area contributed by atoms with Crippen molar-refractivity contribution in [3.63, 3.8) is 0 Å².